The van der Waals surface area contributed by atoms with Gasteiger partial charge >= 0.3 is 0 Å². The molecule has 30 heavy (non-hydrogen) atoms. The van der Waals surface area contributed by atoms with Crippen LogP contribution in [0.3, 0.4) is 0 Å². The Morgan fingerprint density at radius 2 is 0.500 bits per heavy atom. The van der Waals surface area contributed by atoms with E-state index in [4.69, 9.17) is 0 Å². The first kappa shape index (κ1) is 30.0. The number of unbranched alkanes of at least 4 members (excludes halogenated alkanes) is 20. The fraction of sp³-hybridized carbons (Fsp3) is 1.00. The van der Waals surface area contributed by atoms with Crippen LogP contribution in [0.5, 0.6) is 0 Å². The second kappa shape index (κ2) is 27.0. The van der Waals surface area contributed by atoms with E-state index in [0.29, 0.717) is 0 Å². The van der Waals surface area contributed by atoms with Gasteiger partial charge in [0.1, 0.15) is 0 Å². The molecule has 0 saturated carbocycles. The molecule has 0 rings (SSSR count). The Kier molecular flexibility index (Phi) is 27.0. The van der Waals surface area contributed by atoms with Crippen LogP contribution < -0.4 is 0 Å². The SMILES string of the molecule is CCCCCCCCCCCCCCCCCCCCCC(CCCC)CCCC. The summed E-state index contributed by atoms with van der Waals surface area (Å²) in [5, 5.41) is 0. The monoisotopic (exact) mass is 422 g/mol. The predicted octanol–water partition coefficient (Wildman–Crippen LogP) is 11.8. The van der Waals surface area contributed by atoms with Crippen molar-refractivity contribution in [1.82, 2.24) is 0 Å². The Labute approximate surface area is 193 Å². The maximum Gasteiger partial charge on any atom is -0.0414 e. The van der Waals surface area contributed by atoms with Crippen molar-refractivity contribution in [1.29, 1.82) is 0 Å². The normalized spacial score (nSPS) is 11.6. The minimum Gasteiger partial charge on any atom is -0.0654 e. The van der Waals surface area contributed by atoms with Crippen LogP contribution in [-0.2, 0) is 0 Å². The molecule has 0 unspecified atom stereocenters. The quantitative estimate of drug-likeness (QED) is 0.122. The average molecular weight is 423 g/mol. The summed E-state index contributed by atoms with van der Waals surface area (Å²) in [6, 6.07) is 0. The van der Waals surface area contributed by atoms with Gasteiger partial charge in [0.2, 0.25) is 0 Å². The van der Waals surface area contributed by atoms with Gasteiger partial charge in [-0.05, 0) is 5.92 Å². The van der Waals surface area contributed by atoms with Gasteiger partial charge in [-0.2, -0.15) is 0 Å². The van der Waals surface area contributed by atoms with Crippen LogP contribution in [0.2, 0.25) is 0 Å². The molecule has 0 N–H and O–H groups in total. The summed E-state index contributed by atoms with van der Waals surface area (Å²) in [4.78, 5) is 0. The van der Waals surface area contributed by atoms with Gasteiger partial charge in [0, 0.05) is 0 Å². The summed E-state index contributed by atoms with van der Waals surface area (Å²) in [7, 11) is 0. The molecule has 0 aromatic rings. The summed E-state index contributed by atoms with van der Waals surface area (Å²) < 4.78 is 0. The largest absolute Gasteiger partial charge is 0.0654 e. The van der Waals surface area contributed by atoms with E-state index < -0.39 is 0 Å². The smallest absolute Gasteiger partial charge is 0.0414 e. The highest BCUT2D eigenvalue weighted by Crippen LogP contribution is 2.23. The predicted molar refractivity (Wildman–Crippen MR) is 141 cm³/mol. The molecule has 0 spiro atoms. The van der Waals surface area contributed by atoms with Gasteiger partial charge in [0.15, 0.2) is 0 Å². The highest BCUT2D eigenvalue weighted by atomic mass is 14.1. The number of hydrogen-bond donors (Lipinski definition) is 0. The number of rotatable bonds is 26. The molecule has 0 bridgehead atoms. The first-order valence-electron chi connectivity index (χ1n) is 14.8. The van der Waals surface area contributed by atoms with Crippen molar-refractivity contribution in [2.45, 2.75) is 188 Å². The van der Waals surface area contributed by atoms with Crippen LogP contribution in [0, 0.1) is 5.92 Å². The topological polar surface area (TPSA) is 0 Å². The molecule has 0 aliphatic rings. The van der Waals surface area contributed by atoms with Crippen LogP contribution in [0.4, 0.5) is 0 Å². The first-order valence-corrected chi connectivity index (χ1v) is 14.8. The Morgan fingerprint density at radius 3 is 0.800 bits per heavy atom. The van der Waals surface area contributed by atoms with Gasteiger partial charge in [-0.15, -0.1) is 0 Å². The fourth-order valence-corrected chi connectivity index (χ4v) is 4.93. The zero-order valence-electron chi connectivity index (χ0n) is 22.0. The zero-order chi connectivity index (χ0) is 22.0. The minimum absolute atomic E-state index is 1.04. The van der Waals surface area contributed by atoms with Crippen molar-refractivity contribution >= 4 is 0 Å². The van der Waals surface area contributed by atoms with E-state index in [1.54, 1.807) is 0 Å². The lowest BCUT2D eigenvalue weighted by Gasteiger charge is -2.16. The van der Waals surface area contributed by atoms with E-state index in [1.807, 2.05) is 0 Å². The first-order chi connectivity index (χ1) is 14.8. The minimum atomic E-state index is 1.04. The van der Waals surface area contributed by atoms with Gasteiger partial charge in [-0.3, -0.25) is 0 Å². The molecule has 0 heterocycles. The van der Waals surface area contributed by atoms with Gasteiger partial charge in [-0.25, -0.2) is 0 Å². The highest BCUT2D eigenvalue weighted by molar-refractivity contribution is 4.60. The molecule has 0 aliphatic carbocycles. The van der Waals surface area contributed by atoms with E-state index in [9.17, 15) is 0 Å². The second-order valence-electron chi connectivity index (χ2n) is 10.3. The lowest BCUT2D eigenvalue weighted by molar-refractivity contribution is 0.376. The molecule has 182 valence electrons. The second-order valence-corrected chi connectivity index (χ2v) is 10.3. The molecule has 0 radical (unpaired) electrons. The average Bonchev–Trinajstić information content (AvgIpc) is 2.76. The molecule has 0 nitrogen and oxygen atoms in total. The fourth-order valence-electron chi connectivity index (χ4n) is 4.93. The van der Waals surface area contributed by atoms with Gasteiger partial charge in [0.25, 0.3) is 0 Å². The third-order valence-electron chi connectivity index (χ3n) is 7.15. The van der Waals surface area contributed by atoms with Crippen LogP contribution in [-0.4, -0.2) is 0 Å². The van der Waals surface area contributed by atoms with Crippen molar-refractivity contribution in [3.63, 3.8) is 0 Å². The van der Waals surface area contributed by atoms with Crippen LogP contribution in [0.1, 0.15) is 188 Å². The van der Waals surface area contributed by atoms with Gasteiger partial charge in [-0.1, -0.05) is 188 Å². The summed E-state index contributed by atoms with van der Waals surface area (Å²) in [5.74, 6) is 1.04. The Hall–Kier alpha value is 0. The Morgan fingerprint density at radius 1 is 0.267 bits per heavy atom. The molecule has 0 amide bonds. The Balaban J connectivity index is 3.21. The van der Waals surface area contributed by atoms with Gasteiger partial charge in [0.05, 0.1) is 0 Å². The van der Waals surface area contributed by atoms with E-state index in [2.05, 4.69) is 20.8 Å². The van der Waals surface area contributed by atoms with Crippen molar-refractivity contribution < 1.29 is 0 Å². The van der Waals surface area contributed by atoms with Crippen LogP contribution in [0.25, 0.3) is 0 Å². The van der Waals surface area contributed by atoms with Crippen molar-refractivity contribution in [2.24, 2.45) is 5.92 Å². The van der Waals surface area contributed by atoms with Crippen LogP contribution in [0.15, 0.2) is 0 Å². The van der Waals surface area contributed by atoms with Crippen LogP contribution >= 0.6 is 0 Å². The summed E-state index contributed by atoms with van der Waals surface area (Å²) >= 11 is 0. The molecule has 0 aromatic heterocycles. The van der Waals surface area contributed by atoms with E-state index >= 15 is 0 Å². The standard InChI is InChI=1S/C30H62/c1-4-7-10-11-12-13-14-15-16-17-18-19-20-21-22-23-24-25-26-29-30(27-8-5-2)28-9-6-3/h30H,4-29H2,1-3H3. The molecule has 0 fully saturated rings. The molecule has 0 heteroatoms. The maximum absolute atomic E-state index is 2.34. The molecular formula is C30H62. The number of hydrogen-bond acceptors (Lipinski definition) is 0. The maximum atomic E-state index is 2.34. The van der Waals surface area contributed by atoms with E-state index in [-0.39, 0.29) is 0 Å². The highest BCUT2D eigenvalue weighted by Gasteiger charge is 2.07. The third kappa shape index (κ3) is 24.3. The third-order valence-corrected chi connectivity index (χ3v) is 7.15. The molecule has 0 atom stereocenters. The Bertz CT molecular complexity index is 274. The molecular weight excluding hydrogens is 360 g/mol. The zero-order valence-corrected chi connectivity index (χ0v) is 22.0. The van der Waals surface area contributed by atoms with E-state index in [1.165, 1.54) is 167 Å². The van der Waals surface area contributed by atoms with E-state index in [0.717, 1.165) is 5.92 Å². The summed E-state index contributed by atoms with van der Waals surface area (Å²) in [6.07, 6.45) is 38.3. The van der Waals surface area contributed by atoms with Crippen molar-refractivity contribution in [3.8, 4) is 0 Å². The lowest BCUT2D eigenvalue weighted by Crippen LogP contribution is -2.01. The summed E-state index contributed by atoms with van der Waals surface area (Å²) in [6.45, 7) is 6.99. The van der Waals surface area contributed by atoms with Crippen molar-refractivity contribution in [2.75, 3.05) is 0 Å². The summed E-state index contributed by atoms with van der Waals surface area (Å²) in [5.41, 5.74) is 0. The molecule has 0 aromatic carbocycles. The molecule has 0 saturated heterocycles. The van der Waals surface area contributed by atoms with Crippen molar-refractivity contribution in [3.05, 3.63) is 0 Å². The van der Waals surface area contributed by atoms with Gasteiger partial charge < -0.3 is 0 Å². The molecule has 0 aliphatic heterocycles. The lowest BCUT2D eigenvalue weighted by atomic mass is 9.90.